The molecule has 0 aromatic carbocycles. The van der Waals surface area contributed by atoms with Crippen molar-refractivity contribution in [1.29, 1.82) is 0 Å². The molecule has 0 unspecified atom stereocenters. The highest BCUT2D eigenvalue weighted by molar-refractivity contribution is 9.10. The Balaban J connectivity index is 2.51. The summed E-state index contributed by atoms with van der Waals surface area (Å²) < 4.78 is 2.61. The summed E-state index contributed by atoms with van der Waals surface area (Å²) in [5, 5.41) is 0. The lowest BCUT2D eigenvalue weighted by atomic mass is 10.4. The quantitative estimate of drug-likeness (QED) is 0.648. The number of rotatable bonds is 1. The molecule has 2 rings (SSSR count). The van der Waals surface area contributed by atoms with E-state index >= 15 is 0 Å². The molecule has 0 N–H and O–H groups in total. The number of thiophene rings is 2. The minimum atomic E-state index is 0.784. The molecule has 2 heterocycles. The molecule has 2 aromatic heterocycles. The maximum absolute atomic E-state index is 5.88. The van der Waals surface area contributed by atoms with Crippen molar-refractivity contribution in [3.8, 4) is 9.75 Å². The number of hydrogen-bond donors (Lipinski definition) is 0. The van der Waals surface area contributed by atoms with E-state index in [1.165, 1.54) is 0 Å². The van der Waals surface area contributed by atoms with Gasteiger partial charge in [-0.05, 0) is 34.1 Å². The van der Waals surface area contributed by atoms with Gasteiger partial charge in [-0.2, -0.15) is 0 Å². The van der Waals surface area contributed by atoms with E-state index < -0.39 is 0 Å². The van der Waals surface area contributed by atoms with Crippen LogP contribution >= 0.6 is 61.8 Å². The lowest BCUT2D eigenvalue weighted by Crippen LogP contribution is -1.60. The van der Waals surface area contributed by atoms with Gasteiger partial charge >= 0.3 is 0 Å². The summed E-state index contributed by atoms with van der Waals surface area (Å²) in [6.07, 6.45) is 0. The molecule has 68 valence electrons. The average Bonchev–Trinajstić information content (AvgIpc) is 2.58. The van der Waals surface area contributed by atoms with Crippen LogP contribution in [0.1, 0.15) is 0 Å². The molecular formula is C8H3BrCl2S2. The Morgan fingerprint density at radius 3 is 2.31 bits per heavy atom. The Labute approximate surface area is 102 Å². The molecule has 0 nitrogen and oxygen atoms in total. The van der Waals surface area contributed by atoms with E-state index in [4.69, 9.17) is 23.2 Å². The normalized spacial score (nSPS) is 10.7. The van der Waals surface area contributed by atoms with E-state index in [1.54, 1.807) is 22.7 Å². The molecular weight excluding hydrogens is 311 g/mol. The van der Waals surface area contributed by atoms with E-state index in [0.29, 0.717) is 0 Å². The van der Waals surface area contributed by atoms with E-state index in [2.05, 4.69) is 15.9 Å². The van der Waals surface area contributed by atoms with Crippen molar-refractivity contribution in [3.63, 3.8) is 0 Å². The molecule has 0 atom stereocenters. The Morgan fingerprint density at radius 2 is 1.85 bits per heavy atom. The zero-order valence-electron chi connectivity index (χ0n) is 6.18. The van der Waals surface area contributed by atoms with Crippen LogP contribution in [0.5, 0.6) is 0 Å². The van der Waals surface area contributed by atoms with E-state index in [-0.39, 0.29) is 0 Å². The second kappa shape index (κ2) is 3.91. The first-order chi connectivity index (χ1) is 6.16. The fourth-order valence-corrected chi connectivity index (χ4v) is 4.33. The molecule has 0 aliphatic rings. The Kier molecular flexibility index (Phi) is 3.01. The van der Waals surface area contributed by atoms with Crippen LogP contribution in [0.2, 0.25) is 8.67 Å². The monoisotopic (exact) mass is 312 g/mol. The molecule has 5 heteroatoms. The second-order valence-corrected chi connectivity index (χ2v) is 6.58. The Morgan fingerprint density at radius 1 is 1.08 bits per heavy atom. The lowest BCUT2D eigenvalue weighted by Gasteiger charge is -1.90. The van der Waals surface area contributed by atoms with Crippen LogP contribution in [0.4, 0.5) is 0 Å². The Bertz CT molecular complexity index is 433. The summed E-state index contributed by atoms with van der Waals surface area (Å²) in [6.45, 7) is 0. The van der Waals surface area contributed by atoms with Crippen molar-refractivity contribution >= 4 is 61.8 Å². The zero-order valence-corrected chi connectivity index (χ0v) is 10.9. The minimum Gasteiger partial charge on any atom is -0.122 e. The van der Waals surface area contributed by atoms with Crippen molar-refractivity contribution in [2.75, 3.05) is 0 Å². The molecule has 2 aromatic rings. The summed E-state index contributed by atoms with van der Waals surface area (Å²) in [4.78, 5) is 2.29. The summed E-state index contributed by atoms with van der Waals surface area (Å²) in [6, 6.07) is 5.79. The van der Waals surface area contributed by atoms with E-state index in [0.717, 1.165) is 22.9 Å². The Hall–Kier alpha value is 0.460. The zero-order chi connectivity index (χ0) is 9.42. The van der Waals surface area contributed by atoms with Gasteiger partial charge in [0.15, 0.2) is 0 Å². The van der Waals surface area contributed by atoms with Crippen molar-refractivity contribution in [1.82, 2.24) is 0 Å². The van der Waals surface area contributed by atoms with Crippen molar-refractivity contribution in [2.24, 2.45) is 0 Å². The van der Waals surface area contributed by atoms with Crippen LogP contribution in [0.3, 0.4) is 0 Å². The SMILES string of the molecule is Clc1ccc(-c2sc(Cl)cc2Br)s1. The summed E-state index contributed by atoms with van der Waals surface area (Å²) >= 11 is 18.3. The van der Waals surface area contributed by atoms with Crippen LogP contribution < -0.4 is 0 Å². The van der Waals surface area contributed by atoms with Crippen LogP contribution in [0, 0.1) is 0 Å². The molecule has 0 saturated heterocycles. The molecule has 0 fully saturated rings. The van der Waals surface area contributed by atoms with E-state index in [9.17, 15) is 0 Å². The van der Waals surface area contributed by atoms with Gasteiger partial charge in [-0.3, -0.25) is 0 Å². The van der Waals surface area contributed by atoms with Gasteiger partial charge in [-0.25, -0.2) is 0 Å². The molecule has 0 bridgehead atoms. The number of hydrogen-bond acceptors (Lipinski definition) is 2. The summed E-state index contributed by atoms with van der Waals surface area (Å²) in [5.74, 6) is 0. The molecule has 0 radical (unpaired) electrons. The van der Waals surface area contributed by atoms with Crippen LogP contribution in [0.15, 0.2) is 22.7 Å². The predicted octanol–water partition coefficient (Wildman–Crippen LogP) is 5.55. The third-order valence-corrected chi connectivity index (χ3v) is 5.02. The highest BCUT2D eigenvalue weighted by Gasteiger charge is 2.09. The summed E-state index contributed by atoms with van der Waals surface area (Å²) in [5.41, 5.74) is 0. The van der Waals surface area contributed by atoms with Crippen molar-refractivity contribution < 1.29 is 0 Å². The van der Waals surface area contributed by atoms with E-state index in [1.807, 2.05) is 18.2 Å². The lowest BCUT2D eigenvalue weighted by molar-refractivity contribution is 1.85. The van der Waals surface area contributed by atoms with Crippen molar-refractivity contribution in [2.45, 2.75) is 0 Å². The van der Waals surface area contributed by atoms with Gasteiger partial charge in [0.05, 0.1) is 13.5 Å². The smallest absolute Gasteiger partial charge is 0.0946 e. The fraction of sp³-hybridized carbons (Fsp3) is 0. The molecule has 0 spiro atoms. The summed E-state index contributed by atoms with van der Waals surface area (Å²) in [7, 11) is 0. The third-order valence-electron chi connectivity index (χ3n) is 1.45. The second-order valence-electron chi connectivity index (χ2n) is 2.33. The highest BCUT2D eigenvalue weighted by atomic mass is 79.9. The largest absolute Gasteiger partial charge is 0.122 e. The van der Waals surface area contributed by atoms with Gasteiger partial charge in [0.25, 0.3) is 0 Å². The molecule has 13 heavy (non-hydrogen) atoms. The molecule has 0 aliphatic heterocycles. The van der Waals surface area contributed by atoms with Gasteiger partial charge in [-0.15, -0.1) is 22.7 Å². The third kappa shape index (κ3) is 2.10. The first kappa shape index (κ1) is 9.99. The maximum atomic E-state index is 5.88. The number of halogens is 3. The topological polar surface area (TPSA) is 0 Å². The van der Waals surface area contributed by atoms with Crippen molar-refractivity contribution in [3.05, 3.63) is 31.3 Å². The molecule has 0 saturated carbocycles. The van der Waals surface area contributed by atoms with Crippen LogP contribution in [0.25, 0.3) is 9.75 Å². The van der Waals surface area contributed by atoms with Gasteiger partial charge in [0.2, 0.25) is 0 Å². The fourth-order valence-electron chi connectivity index (χ4n) is 0.945. The molecule has 0 aliphatic carbocycles. The average molecular weight is 314 g/mol. The highest BCUT2D eigenvalue weighted by Crippen LogP contribution is 2.42. The minimum absolute atomic E-state index is 0.784. The molecule has 0 amide bonds. The van der Waals surface area contributed by atoms with Gasteiger partial charge in [0.1, 0.15) is 0 Å². The first-order valence-corrected chi connectivity index (χ1v) is 6.55. The van der Waals surface area contributed by atoms with Crippen LogP contribution in [-0.2, 0) is 0 Å². The standard InChI is InChI=1S/C8H3BrCl2S2/c9-4-3-7(11)13-8(4)5-1-2-6(10)12-5/h1-3H. The van der Waals surface area contributed by atoms with Gasteiger partial charge < -0.3 is 0 Å². The first-order valence-electron chi connectivity index (χ1n) is 3.37. The predicted molar refractivity (Wildman–Crippen MR) is 65.4 cm³/mol. The van der Waals surface area contributed by atoms with Gasteiger partial charge in [0, 0.05) is 9.35 Å². The maximum Gasteiger partial charge on any atom is 0.0946 e. The van der Waals surface area contributed by atoms with Gasteiger partial charge in [-0.1, -0.05) is 23.2 Å². The van der Waals surface area contributed by atoms with Crippen LogP contribution in [-0.4, -0.2) is 0 Å².